The van der Waals surface area contributed by atoms with Gasteiger partial charge in [0.2, 0.25) is 5.78 Å². The molecule has 7 N–H and O–H groups in total. The summed E-state index contributed by atoms with van der Waals surface area (Å²) in [6.07, 6.45) is -0.0848. The van der Waals surface area contributed by atoms with E-state index in [4.69, 9.17) is 10.5 Å². The molecule has 11 heteroatoms. The fourth-order valence-corrected chi connectivity index (χ4v) is 6.32. The number of carbonyl (C=O) groups is 3. The Morgan fingerprint density at radius 2 is 1.76 bits per heavy atom. The average Bonchev–Trinajstić information content (AvgIpc) is 2.91. The fourth-order valence-electron chi connectivity index (χ4n) is 6.32. The van der Waals surface area contributed by atoms with Crippen LogP contribution in [0.3, 0.4) is 0 Å². The number of Topliss-reactive ketones (excluding diaryl/α,β-unsaturated/α-hetero) is 2. The Labute approximate surface area is 235 Å². The van der Waals surface area contributed by atoms with Gasteiger partial charge < -0.3 is 36.0 Å². The van der Waals surface area contributed by atoms with Crippen LogP contribution >= 0.6 is 0 Å². The van der Waals surface area contributed by atoms with E-state index in [0.717, 1.165) is 0 Å². The summed E-state index contributed by atoms with van der Waals surface area (Å²) in [4.78, 5) is 40.9. The molecule has 2 aromatic carbocycles. The van der Waals surface area contributed by atoms with Gasteiger partial charge in [0, 0.05) is 5.92 Å². The average molecular weight is 563 g/mol. The summed E-state index contributed by atoms with van der Waals surface area (Å²) in [6, 6.07) is 9.96. The third-order valence-electron chi connectivity index (χ3n) is 8.04. The first-order valence-electron chi connectivity index (χ1n) is 13.0. The number of benzene rings is 2. The maximum atomic E-state index is 13.8. The number of hydrogen-bond acceptors (Lipinski definition) is 10. The number of nitrogens with zero attached hydrogens (tertiary/aromatic N) is 1. The SMILES string of the molecule is CCOc1ccc(/C=C2\c3cccc(O)c3C(=O)C3=C(O)[C@]4(O)C(=O)C(C(N)=O)=C(O)[C@@H](N(C)C)[C@H]4[C@@H](O)[C@@H]32)cc1. The highest BCUT2D eigenvalue weighted by Crippen LogP contribution is 2.55. The van der Waals surface area contributed by atoms with Crippen molar-refractivity contribution in [3.05, 3.63) is 81.8 Å². The number of aliphatic hydroxyl groups is 4. The highest BCUT2D eigenvalue weighted by molar-refractivity contribution is 6.25. The van der Waals surface area contributed by atoms with E-state index >= 15 is 0 Å². The predicted octanol–water partition coefficient (Wildman–Crippen LogP) is 1.49. The largest absolute Gasteiger partial charge is 0.510 e. The van der Waals surface area contributed by atoms with E-state index in [1.54, 1.807) is 36.4 Å². The van der Waals surface area contributed by atoms with E-state index < -0.39 is 75.5 Å². The van der Waals surface area contributed by atoms with Crippen molar-refractivity contribution in [2.24, 2.45) is 17.6 Å². The number of ketones is 2. The molecule has 0 spiro atoms. The summed E-state index contributed by atoms with van der Waals surface area (Å²) in [5.41, 5.74) is 1.93. The number of carbonyl (C=O) groups excluding carboxylic acids is 3. The number of primary amides is 1. The molecule has 2 aromatic rings. The number of nitrogens with two attached hydrogens (primary N) is 1. The van der Waals surface area contributed by atoms with Crippen molar-refractivity contribution in [1.82, 2.24) is 4.90 Å². The maximum Gasteiger partial charge on any atom is 0.255 e. The molecule has 5 rings (SSSR count). The number of ether oxygens (including phenoxy) is 1. The molecule has 3 aliphatic rings. The summed E-state index contributed by atoms with van der Waals surface area (Å²) in [5, 5.41) is 57.0. The number of phenolic OH excluding ortho intramolecular Hbond substituents is 1. The Morgan fingerprint density at radius 3 is 2.34 bits per heavy atom. The molecule has 0 fully saturated rings. The maximum absolute atomic E-state index is 13.8. The van der Waals surface area contributed by atoms with E-state index in [1.807, 2.05) is 6.92 Å². The summed E-state index contributed by atoms with van der Waals surface area (Å²) < 4.78 is 5.50. The lowest BCUT2D eigenvalue weighted by Crippen LogP contribution is -2.68. The second kappa shape index (κ2) is 9.88. The zero-order valence-electron chi connectivity index (χ0n) is 22.5. The Kier molecular flexibility index (Phi) is 6.77. The van der Waals surface area contributed by atoms with Crippen LogP contribution in [-0.4, -0.2) is 86.4 Å². The van der Waals surface area contributed by atoms with E-state index in [2.05, 4.69) is 0 Å². The first kappa shape index (κ1) is 28.1. The monoisotopic (exact) mass is 562 g/mol. The minimum atomic E-state index is -2.99. The Bertz CT molecular complexity index is 1570. The Hall–Kier alpha value is -4.45. The molecule has 41 heavy (non-hydrogen) atoms. The highest BCUT2D eigenvalue weighted by atomic mass is 16.5. The molecule has 0 aromatic heterocycles. The number of hydrogen-bond donors (Lipinski definition) is 6. The lowest BCUT2D eigenvalue weighted by molar-refractivity contribution is -0.159. The third-order valence-corrected chi connectivity index (χ3v) is 8.04. The van der Waals surface area contributed by atoms with Crippen LogP contribution in [-0.2, 0) is 9.59 Å². The van der Waals surface area contributed by atoms with Crippen LogP contribution in [0.1, 0.15) is 28.4 Å². The summed E-state index contributed by atoms with van der Waals surface area (Å²) >= 11 is 0. The van der Waals surface area contributed by atoms with Crippen molar-refractivity contribution in [3.63, 3.8) is 0 Å². The van der Waals surface area contributed by atoms with Crippen LogP contribution in [0.5, 0.6) is 11.5 Å². The molecular weight excluding hydrogens is 532 g/mol. The van der Waals surface area contributed by atoms with Gasteiger partial charge in [-0.05, 0) is 55.9 Å². The molecule has 0 bridgehead atoms. The van der Waals surface area contributed by atoms with Gasteiger partial charge in [-0.2, -0.15) is 0 Å². The van der Waals surface area contributed by atoms with E-state index in [0.29, 0.717) is 23.5 Å². The molecule has 0 unspecified atom stereocenters. The van der Waals surface area contributed by atoms with Crippen molar-refractivity contribution >= 4 is 29.1 Å². The van der Waals surface area contributed by atoms with E-state index in [1.165, 1.54) is 31.1 Å². The van der Waals surface area contributed by atoms with Gasteiger partial charge in [-0.3, -0.25) is 19.3 Å². The molecule has 0 heterocycles. The van der Waals surface area contributed by atoms with Gasteiger partial charge in [-0.1, -0.05) is 30.3 Å². The lowest BCUT2D eigenvalue weighted by Gasteiger charge is -2.52. The number of phenols is 1. The van der Waals surface area contributed by atoms with Crippen LogP contribution in [0.15, 0.2) is 65.1 Å². The second-order valence-electron chi connectivity index (χ2n) is 10.5. The number of likely N-dealkylation sites (N-methyl/N-ethyl adjacent to an activating group) is 1. The van der Waals surface area contributed by atoms with Gasteiger partial charge in [0.25, 0.3) is 5.91 Å². The first-order chi connectivity index (χ1) is 19.4. The Morgan fingerprint density at radius 1 is 1.10 bits per heavy atom. The number of amides is 1. The van der Waals surface area contributed by atoms with Crippen molar-refractivity contribution in [3.8, 4) is 11.5 Å². The standard InChI is InChI=1S/C30H30N2O9/c1-4-41-14-10-8-13(9-11-14)12-16-15-6-5-7-17(33)18(15)24(34)20-19(16)25(35)22-23(32(2)3)26(36)21(29(31)39)28(38)30(22,40)27(20)37/h5-12,19,22-23,25,33,35-37,40H,4H2,1-3H3,(H2,31,39)/b16-12+/t19-,22+,23+,25+,30+/m1/s1. The highest BCUT2D eigenvalue weighted by Gasteiger charge is 2.67. The Balaban J connectivity index is 1.82. The van der Waals surface area contributed by atoms with Gasteiger partial charge >= 0.3 is 0 Å². The lowest BCUT2D eigenvalue weighted by atomic mass is 9.56. The van der Waals surface area contributed by atoms with Crippen LogP contribution in [0.2, 0.25) is 0 Å². The van der Waals surface area contributed by atoms with Gasteiger partial charge in [0.1, 0.15) is 28.6 Å². The van der Waals surface area contributed by atoms with Crippen LogP contribution in [0.25, 0.3) is 11.6 Å². The summed E-state index contributed by atoms with van der Waals surface area (Å²) in [5.74, 6) is -8.28. The van der Waals surface area contributed by atoms with Crippen molar-refractivity contribution in [1.29, 1.82) is 0 Å². The topological polar surface area (TPSA) is 191 Å². The number of fused-ring (bicyclic) bond motifs is 3. The molecule has 0 saturated carbocycles. The zero-order chi connectivity index (χ0) is 30.0. The molecule has 11 nitrogen and oxygen atoms in total. The molecule has 0 saturated heterocycles. The molecular formula is C30H30N2O9. The van der Waals surface area contributed by atoms with Gasteiger partial charge in [0.05, 0.1) is 35.8 Å². The summed E-state index contributed by atoms with van der Waals surface area (Å²) in [6.45, 7) is 2.31. The molecule has 3 aliphatic carbocycles. The van der Waals surface area contributed by atoms with Crippen LogP contribution in [0.4, 0.5) is 0 Å². The van der Waals surface area contributed by atoms with Crippen molar-refractivity contribution in [2.75, 3.05) is 20.7 Å². The molecule has 5 atom stereocenters. The quantitative estimate of drug-likeness (QED) is 0.291. The molecule has 214 valence electrons. The number of aromatic hydroxyl groups is 1. The van der Waals surface area contributed by atoms with Gasteiger partial charge in [-0.15, -0.1) is 0 Å². The van der Waals surface area contributed by atoms with E-state index in [-0.39, 0.29) is 11.1 Å². The van der Waals surface area contributed by atoms with E-state index in [9.17, 15) is 39.9 Å². The molecule has 1 amide bonds. The zero-order valence-corrected chi connectivity index (χ0v) is 22.5. The van der Waals surface area contributed by atoms with Gasteiger partial charge in [-0.25, -0.2) is 0 Å². The molecule has 0 aliphatic heterocycles. The van der Waals surface area contributed by atoms with Crippen LogP contribution in [0, 0.1) is 11.8 Å². The smallest absolute Gasteiger partial charge is 0.255 e. The predicted molar refractivity (Wildman–Crippen MR) is 147 cm³/mol. The fraction of sp³-hybridized carbons (Fsp3) is 0.300. The van der Waals surface area contributed by atoms with Crippen molar-refractivity contribution < 1.29 is 44.7 Å². The minimum absolute atomic E-state index is 0.197. The first-order valence-corrected chi connectivity index (χ1v) is 13.0. The number of aliphatic hydroxyl groups excluding tert-OH is 3. The third kappa shape index (κ3) is 3.96. The normalized spacial score (nSPS) is 28.5. The van der Waals surface area contributed by atoms with Crippen molar-refractivity contribution in [2.45, 2.75) is 24.7 Å². The van der Waals surface area contributed by atoms with Gasteiger partial charge in [0.15, 0.2) is 11.4 Å². The minimum Gasteiger partial charge on any atom is -0.510 e. The second-order valence-corrected chi connectivity index (χ2v) is 10.5. The molecule has 0 radical (unpaired) electrons. The number of rotatable bonds is 5. The summed E-state index contributed by atoms with van der Waals surface area (Å²) in [7, 11) is 2.96. The van der Waals surface area contributed by atoms with Crippen LogP contribution < -0.4 is 10.5 Å².